The molecule has 1 aromatic carbocycles. The van der Waals surface area contributed by atoms with E-state index in [0.29, 0.717) is 18.0 Å². The second kappa shape index (κ2) is 7.03. The summed E-state index contributed by atoms with van der Waals surface area (Å²) in [6, 6.07) is 5.35. The van der Waals surface area contributed by atoms with Crippen LogP contribution >= 0.6 is 0 Å². The van der Waals surface area contributed by atoms with Gasteiger partial charge in [-0.2, -0.15) is 8.78 Å². The molecule has 2 aromatic rings. The minimum absolute atomic E-state index is 0.0274. The molecule has 0 saturated heterocycles. The van der Waals surface area contributed by atoms with Crippen LogP contribution in [-0.4, -0.2) is 23.7 Å². The molecule has 1 N–H and O–H groups in total. The Bertz CT molecular complexity index is 587. The quantitative estimate of drug-likeness (QED) is 0.853. The summed E-state index contributed by atoms with van der Waals surface area (Å²) in [5, 5.41) is 3.02. The van der Waals surface area contributed by atoms with E-state index in [-0.39, 0.29) is 12.4 Å². The first-order chi connectivity index (χ1) is 10.2. The Morgan fingerprint density at radius 2 is 2.19 bits per heavy atom. The van der Waals surface area contributed by atoms with Gasteiger partial charge in [-0.25, -0.2) is 4.98 Å². The maximum absolute atomic E-state index is 12.7. The molecular weight excluding hydrogens is 280 g/mol. The lowest BCUT2D eigenvalue weighted by molar-refractivity contribution is 0.0632. The van der Waals surface area contributed by atoms with Crippen LogP contribution in [0.5, 0.6) is 11.5 Å². The van der Waals surface area contributed by atoms with E-state index in [2.05, 4.69) is 10.3 Å². The van der Waals surface area contributed by atoms with Crippen LogP contribution in [-0.2, 0) is 13.2 Å². The van der Waals surface area contributed by atoms with E-state index in [1.165, 1.54) is 12.4 Å². The van der Waals surface area contributed by atoms with Crippen molar-refractivity contribution >= 4 is 0 Å². The third-order valence-corrected chi connectivity index (χ3v) is 2.95. The Morgan fingerprint density at radius 3 is 2.86 bits per heavy atom. The van der Waals surface area contributed by atoms with Gasteiger partial charge in [-0.05, 0) is 25.2 Å². The molecule has 0 aliphatic rings. The third kappa shape index (κ3) is 3.69. The summed E-state index contributed by atoms with van der Waals surface area (Å²) >= 11 is 0. The van der Waals surface area contributed by atoms with Crippen LogP contribution in [0.25, 0.3) is 0 Å². The van der Waals surface area contributed by atoms with Crippen molar-refractivity contribution in [2.45, 2.75) is 19.7 Å². The minimum atomic E-state index is -2.63. The van der Waals surface area contributed by atoms with Crippen LogP contribution in [0.4, 0.5) is 8.78 Å². The molecule has 0 aliphatic heterocycles. The number of ether oxygens (including phenoxy) is 2. The Kier molecular flexibility index (Phi) is 5.10. The highest BCUT2D eigenvalue weighted by molar-refractivity contribution is 5.40. The predicted octanol–water partition coefficient (Wildman–Crippen LogP) is 2.59. The van der Waals surface area contributed by atoms with Crippen LogP contribution in [0.2, 0.25) is 0 Å². The number of hydrogen-bond acceptors (Lipinski definition) is 4. The first-order valence-corrected chi connectivity index (χ1v) is 6.40. The highest BCUT2D eigenvalue weighted by Gasteiger charge is 2.13. The molecule has 0 fully saturated rings. The molecule has 0 aliphatic carbocycles. The number of halogens is 2. The molecule has 5 nitrogen and oxygen atoms in total. The van der Waals surface area contributed by atoms with Gasteiger partial charge in [0.1, 0.15) is 18.1 Å². The first-order valence-electron chi connectivity index (χ1n) is 6.40. The van der Waals surface area contributed by atoms with Crippen LogP contribution in [0.3, 0.4) is 0 Å². The summed E-state index contributed by atoms with van der Waals surface area (Å²) in [6.45, 7) is -2.07. The number of benzene rings is 1. The molecule has 1 heterocycles. The van der Waals surface area contributed by atoms with Gasteiger partial charge in [0, 0.05) is 24.5 Å². The minimum Gasteiger partial charge on any atom is -0.497 e. The van der Waals surface area contributed by atoms with E-state index < -0.39 is 6.55 Å². The fourth-order valence-corrected chi connectivity index (χ4v) is 1.93. The van der Waals surface area contributed by atoms with Crippen molar-refractivity contribution in [1.82, 2.24) is 14.9 Å². The van der Waals surface area contributed by atoms with Crippen molar-refractivity contribution in [2.75, 3.05) is 14.2 Å². The van der Waals surface area contributed by atoms with Crippen molar-refractivity contribution in [3.63, 3.8) is 0 Å². The zero-order valence-corrected chi connectivity index (χ0v) is 11.8. The lowest BCUT2D eigenvalue weighted by Crippen LogP contribution is -2.10. The number of imidazole rings is 1. The lowest BCUT2D eigenvalue weighted by atomic mass is 10.2. The number of nitrogens with zero attached hydrogens (tertiary/aromatic N) is 2. The van der Waals surface area contributed by atoms with Gasteiger partial charge in [0.25, 0.3) is 0 Å². The number of aromatic nitrogens is 2. The third-order valence-electron chi connectivity index (χ3n) is 2.95. The molecule has 0 spiro atoms. The topological polar surface area (TPSA) is 48.3 Å². The SMILES string of the molecule is CNCc1cc(OC)ccc1OCc1nccn1C(F)F. The maximum atomic E-state index is 12.7. The molecule has 0 unspecified atom stereocenters. The second-order valence-corrected chi connectivity index (χ2v) is 4.32. The molecule has 0 saturated carbocycles. The van der Waals surface area contributed by atoms with Crippen molar-refractivity contribution < 1.29 is 18.3 Å². The largest absolute Gasteiger partial charge is 0.497 e. The molecule has 21 heavy (non-hydrogen) atoms. The molecule has 2 rings (SSSR count). The molecule has 0 radical (unpaired) electrons. The van der Waals surface area contributed by atoms with Crippen LogP contribution in [0, 0.1) is 0 Å². The number of nitrogens with one attached hydrogen (secondary N) is 1. The first kappa shape index (κ1) is 15.2. The van der Waals surface area contributed by atoms with Crippen molar-refractivity contribution in [1.29, 1.82) is 0 Å². The fourth-order valence-electron chi connectivity index (χ4n) is 1.93. The molecule has 0 amide bonds. The summed E-state index contributed by atoms with van der Waals surface area (Å²) in [4.78, 5) is 3.88. The average Bonchev–Trinajstić information content (AvgIpc) is 2.95. The van der Waals surface area contributed by atoms with Crippen molar-refractivity contribution in [3.8, 4) is 11.5 Å². The van der Waals surface area contributed by atoms with Gasteiger partial charge in [0.05, 0.1) is 7.11 Å². The number of hydrogen-bond donors (Lipinski definition) is 1. The smallest absolute Gasteiger partial charge is 0.320 e. The van der Waals surface area contributed by atoms with Gasteiger partial charge in [-0.1, -0.05) is 0 Å². The molecule has 0 bridgehead atoms. The Labute approximate surface area is 121 Å². The standard InChI is InChI=1S/C14H17F2N3O2/c1-17-8-10-7-11(20-2)3-4-12(10)21-9-13-18-5-6-19(13)14(15)16/h3-7,14,17H,8-9H2,1-2H3. The molecular formula is C14H17F2N3O2. The number of methoxy groups -OCH3 is 1. The Morgan fingerprint density at radius 1 is 1.38 bits per heavy atom. The molecule has 7 heteroatoms. The van der Waals surface area contributed by atoms with Gasteiger partial charge in [-0.15, -0.1) is 0 Å². The van der Waals surface area contributed by atoms with E-state index in [4.69, 9.17) is 9.47 Å². The summed E-state index contributed by atoms with van der Waals surface area (Å²) < 4.78 is 37.0. The summed E-state index contributed by atoms with van der Waals surface area (Å²) in [5.74, 6) is 1.49. The average molecular weight is 297 g/mol. The van der Waals surface area contributed by atoms with Crippen LogP contribution < -0.4 is 14.8 Å². The highest BCUT2D eigenvalue weighted by atomic mass is 19.3. The lowest BCUT2D eigenvalue weighted by Gasteiger charge is -2.13. The normalized spacial score (nSPS) is 10.9. The van der Waals surface area contributed by atoms with Crippen LogP contribution in [0.1, 0.15) is 17.9 Å². The number of alkyl halides is 2. The van der Waals surface area contributed by atoms with E-state index in [1.54, 1.807) is 19.2 Å². The fraction of sp³-hybridized carbons (Fsp3) is 0.357. The van der Waals surface area contributed by atoms with Crippen molar-refractivity contribution in [2.24, 2.45) is 0 Å². The predicted molar refractivity (Wildman–Crippen MR) is 73.6 cm³/mol. The van der Waals surface area contributed by atoms with E-state index in [0.717, 1.165) is 10.1 Å². The highest BCUT2D eigenvalue weighted by Crippen LogP contribution is 2.25. The second-order valence-electron chi connectivity index (χ2n) is 4.32. The summed E-state index contributed by atoms with van der Waals surface area (Å²) in [5.41, 5.74) is 0.881. The summed E-state index contributed by atoms with van der Waals surface area (Å²) in [7, 11) is 3.39. The van der Waals surface area contributed by atoms with E-state index in [9.17, 15) is 8.78 Å². The molecule has 0 atom stereocenters. The van der Waals surface area contributed by atoms with Gasteiger partial charge >= 0.3 is 6.55 Å². The van der Waals surface area contributed by atoms with Crippen LogP contribution in [0.15, 0.2) is 30.6 Å². The van der Waals surface area contributed by atoms with Gasteiger partial charge in [-0.3, -0.25) is 4.57 Å². The molecule has 114 valence electrons. The molecule has 1 aromatic heterocycles. The zero-order valence-electron chi connectivity index (χ0n) is 11.8. The van der Waals surface area contributed by atoms with E-state index in [1.807, 2.05) is 13.1 Å². The van der Waals surface area contributed by atoms with E-state index >= 15 is 0 Å². The monoisotopic (exact) mass is 297 g/mol. The Balaban J connectivity index is 2.13. The summed E-state index contributed by atoms with van der Waals surface area (Å²) in [6.07, 6.45) is 2.55. The van der Waals surface area contributed by atoms with Gasteiger partial charge in [0.2, 0.25) is 0 Å². The maximum Gasteiger partial charge on any atom is 0.320 e. The Hall–Kier alpha value is -2.15. The van der Waals surface area contributed by atoms with Gasteiger partial charge < -0.3 is 14.8 Å². The van der Waals surface area contributed by atoms with Gasteiger partial charge in [0.15, 0.2) is 5.82 Å². The zero-order chi connectivity index (χ0) is 15.2. The van der Waals surface area contributed by atoms with Crippen molar-refractivity contribution in [3.05, 3.63) is 42.0 Å². The number of rotatable bonds is 7.